The summed E-state index contributed by atoms with van der Waals surface area (Å²) < 4.78 is 0. The predicted octanol–water partition coefficient (Wildman–Crippen LogP) is 7.75. The van der Waals surface area contributed by atoms with Crippen LogP contribution in [0.15, 0.2) is 103 Å². The SMILES string of the molecule is Cc1cc(C)cc(-c2cccc(C(CC(=O)O)N(Cc3ccccc3)[C@H](C)c3ccccc3)c2)c1. The normalized spacial score (nSPS) is 12.9. The molecule has 35 heavy (non-hydrogen) atoms. The average Bonchev–Trinajstić information content (AvgIpc) is 2.86. The third kappa shape index (κ3) is 6.26. The Bertz CT molecular complexity index is 1250. The summed E-state index contributed by atoms with van der Waals surface area (Å²) in [4.78, 5) is 14.4. The first-order valence-electron chi connectivity index (χ1n) is 12.2. The van der Waals surface area contributed by atoms with Crippen molar-refractivity contribution in [1.82, 2.24) is 4.90 Å². The minimum atomic E-state index is -0.801. The van der Waals surface area contributed by atoms with E-state index in [0.29, 0.717) is 6.54 Å². The zero-order valence-corrected chi connectivity index (χ0v) is 20.7. The fourth-order valence-electron chi connectivity index (χ4n) is 4.89. The van der Waals surface area contributed by atoms with Gasteiger partial charge in [0.25, 0.3) is 0 Å². The third-order valence-corrected chi connectivity index (χ3v) is 6.58. The Kier molecular flexibility index (Phi) is 7.79. The Balaban J connectivity index is 1.79. The van der Waals surface area contributed by atoms with E-state index in [9.17, 15) is 9.90 Å². The lowest BCUT2D eigenvalue weighted by Crippen LogP contribution is -2.32. The van der Waals surface area contributed by atoms with Crippen LogP contribution in [0.25, 0.3) is 11.1 Å². The Hall–Kier alpha value is -3.69. The van der Waals surface area contributed by atoms with Crippen molar-refractivity contribution in [3.05, 3.63) is 131 Å². The molecule has 0 aliphatic heterocycles. The van der Waals surface area contributed by atoms with E-state index < -0.39 is 5.97 Å². The zero-order chi connectivity index (χ0) is 24.8. The van der Waals surface area contributed by atoms with Gasteiger partial charge >= 0.3 is 5.97 Å². The summed E-state index contributed by atoms with van der Waals surface area (Å²) in [5, 5.41) is 9.94. The van der Waals surface area contributed by atoms with E-state index in [1.54, 1.807) is 0 Å². The topological polar surface area (TPSA) is 40.5 Å². The molecule has 1 N–H and O–H groups in total. The largest absolute Gasteiger partial charge is 0.481 e. The number of hydrogen-bond acceptors (Lipinski definition) is 2. The van der Waals surface area contributed by atoms with Gasteiger partial charge in [-0.2, -0.15) is 0 Å². The lowest BCUT2D eigenvalue weighted by molar-refractivity contribution is -0.138. The van der Waals surface area contributed by atoms with Gasteiger partial charge in [-0.25, -0.2) is 0 Å². The van der Waals surface area contributed by atoms with Crippen LogP contribution in [0, 0.1) is 13.8 Å². The van der Waals surface area contributed by atoms with E-state index in [1.807, 2.05) is 42.5 Å². The van der Waals surface area contributed by atoms with Crippen LogP contribution >= 0.6 is 0 Å². The molecule has 4 rings (SSSR count). The van der Waals surface area contributed by atoms with Crippen molar-refractivity contribution in [3.63, 3.8) is 0 Å². The van der Waals surface area contributed by atoms with E-state index in [0.717, 1.165) is 22.3 Å². The Labute approximate surface area is 208 Å². The molecule has 0 amide bonds. The quantitative estimate of drug-likeness (QED) is 0.276. The highest BCUT2D eigenvalue weighted by Crippen LogP contribution is 2.36. The molecule has 0 aromatic heterocycles. The third-order valence-electron chi connectivity index (χ3n) is 6.58. The predicted molar refractivity (Wildman–Crippen MR) is 143 cm³/mol. The molecule has 3 nitrogen and oxygen atoms in total. The Morgan fingerprint density at radius 1 is 0.743 bits per heavy atom. The molecule has 0 bridgehead atoms. The van der Waals surface area contributed by atoms with Crippen molar-refractivity contribution in [1.29, 1.82) is 0 Å². The summed E-state index contributed by atoms with van der Waals surface area (Å²) in [6, 6.07) is 35.3. The van der Waals surface area contributed by atoms with Gasteiger partial charge in [0.05, 0.1) is 6.42 Å². The summed E-state index contributed by atoms with van der Waals surface area (Å²) in [5.41, 5.74) is 8.05. The molecule has 178 valence electrons. The zero-order valence-electron chi connectivity index (χ0n) is 20.7. The van der Waals surface area contributed by atoms with Crippen LogP contribution in [0.2, 0.25) is 0 Å². The molecule has 0 aliphatic carbocycles. The molecule has 4 aromatic rings. The maximum absolute atomic E-state index is 12.1. The maximum atomic E-state index is 12.1. The summed E-state index contributed by atoms with van der Waals surface area (Å²) in [5.74, 6) is -0.801. The van der Waals surface area contributed by atoms with E-state index in [1.165, 1.54) is 16.7 Å². The molecule has 3 heteroatoms. The molecule has 4 aromatic carbocycles. The van der Waals surface area contributed by atoms with Gasteiger partial charge in [-0.1, -0.05) is 108 Å². The molecule has 0 fully saturated rings. The van der Waals surface area contributed by atoms with Gasteiger partial charge in [-0.05, 0) is 54.7 Å². The van der Waals surface area contributed by atoms with Gasteiger partial charge in [0.1, 0.15) is 0 Å². The smallest absolute Gasteiger partial charge is 0.305 e. The van der Waals surface area contributed by atoms with Gasteiger partial charge in [0, 0.05) is 18.6 Å². The van der Waals surface area contributed by atoms with Crippen LogP contribution in [0.3, 0.4) is 0 Å². The number of rotatable bonds is 9. The van der Waals surface area contributed by atoms with Gasteiger partial charge in [-0.15, -0.1) is 0 Å². The Morgan fingerprint density at radius 3 is 1.97 bits per heavy atom. The van der Waals surface area contributed by atoms with Gasteiger partial charge < -0.3 is 5.11 Å². The lowest BCUT2D eigenvalue weighted by Gasteiger charge is -2.37. The molecular weight excluding hydrogens is 430 g/mol. The molecule has 0 heterocycles. The standard InChI is InChI=1S/C32H33NO2/c1-23-17-24(2)19-30(18-23)28-15-10-16-29(20-28)31(21-32(34)35)33(22-26-11-6-4-7-12-26)25(3)27-13-8-5-9-14-27/h4-20,25,31H,21-22H2,1-3H3,(H,34,35)/t25-,31?/m1/s1. The first-order valence-corrected chi connectivity index (χ1v) is 12.2. The van der Waals surface area contributed by atoms with Gasteiger partial charge in [0.2, 0.25) is 0 Å². The molecule has 0 aliphatic rings. The Morgan fingerprint density at radius 2 is 1.34 bits per heavy atom. The molecule has 1 unspecified atom stereocenters. The fraction of sp³-hybridized carbons (Fsp3) is 0.219. The summed E-state index contributed by atoms with van der Waals surface area (Å²) in [6.07, 6.45) is 0.0281. The van der Waals surface area contributed by atoms with E-state index in [2.05, 4.69) is 86.3 Å². The van der Waals surface area contributed by atoms with Crippen molar-refractivity contribution in [3.8, 4) is 11.1 Å². The second kappa shape index (κ2) is 11.2. The number of carboxylic acid groups (broad SMARTS) is 1. The number of carbonyl (C=O) groups is 1. The van der Waals surface area contributed by atoms with E-state index >= 15 is 0 Å². The molecule has 0 spiro atoms. The summed E-state index contributed by atoms with van der Waals surface area (Å²) >= 11 is 0. The second-order valence-electron chi connectivity index (χ2n) is 9.36. The second-order valence-corrected chi connectivity index (χ2v) is 9.36. The van der Waals surface area contributed by atoms with E-state index in [-0.39, 0.29) is 18.5 Å². The molecule has 0 saturated heterocycles. The fourth-order valence-corrected chi connectivity index (χ4v) is 4.89. The number of aryl methyl sites for hydroxylation is 2. The summed E-state index contributed by atoms with van der Waals surface area (Å²) in [7, 11) is 0. The number of nitrogens with zero attached hydrogens (tertiary/aromatic N) is 1. The summed E-state index contributed by atoms with van der Waals surface area (Å²) in [6.45, 7) is 7.04. The van der Waals surface area contributed by atoms with Gasteiger partial charge in [0.15, 0.2) is 0 Å². The molecule has 0 radical (unpaired) electrons. The van der Waals surface area contributed by atoms with Crippen LogP contribution in [0.5, 0.6) is 0 Å². The molecule has 2 atom stereocenters. The highest BCUT2D eigenvalue weighted by atomic mass is 16.4. The van der Waals surface area contributed by atoms with Crippen LogP contribution in [0.1, 0.15) is 53.2 Å². The number of hydrogen-bond donors (Lipinski definition) is 1. The lowest BCUT2D eigenvalue weighted by atomic mass is 9.93. The van der Waals surface area contributed by atoms with Gasteiger partial charge in [-0.3, -0.25) is 9.69 Å². The van der Waals surface area contributed by atoms with Crippen LogP contribution in [-0.2, 0) is 11.3 Å². The highest BCUT2D eigenvalue weighted by molar-refractivity contribution is 5.69. The van der Waals surface area contributed by atoms with Crippen molar-refractivity contribution >= 4 is 5.97 Å². The monoisotopic (exact) mass is 463 g/mol. The number of carboxylic acids is 1. The molecular formula is C32H33NO2. The first kappa shape index (κ1) is 24.4. The maximum Gasteiger partial charge on any atom is 0.305 e. The highest BCUT2D eigenvalue weighted by Gasteiger charge is 2.28. The first-order chi connectivity index (χ1) is 16.9. The number of benzene rings is 4. The molecule has 0 saturated carbocycles. The van der Waals surface area contributed by atoms with Crippen LogP contribution in [-0.4, -0.2) is 16.0 Å². The van der Waals surface area contributed by atoms with Crippen LogP contribution < -0.4 is 0 Å². The number of aliphatic carboxylic acids is 1. The minimum absolute atomic E-state index is 0.0281. The van der Waals surface area contributed by atoms with E-state index in [4.69, 9.17) is 0 Å². The van der Waals surface area contributed by atoms with Crippen molar-refractivity contribution in [2.75, 3.05) is 0 Å². The van der Waals surface area contributed by atoms with Crippen molar-refractivity contribution < 1.29 is 9.90 Å². The average molecular weight is 464 g/mol. The van der Waals surface area contributed by atoms with Crippen molar-refractivity contribution in [2.45, 2.75) is 45.8 Å². The minimum Gasteiger partial charge on any atom is -0.481 e. The van der Waals surface area contributed by atoms with Crippen LogP contribution in [0.4, 0.5) is 0 Å². The van der Waals surface area contributed by atoms with Crippen molar-refractivity contribution in [2.24, 2.45) is 0 Å².